The maximum Gasteiger partial charge on any atom is 0.269 e. The number of aryl methyl sites for hydroxylation is 1. The third-order valence-corrected chi connectivity index (χ3v) is 5.57. The first-order chi connectivity index (χ1) is 14.1. The number of nitrogens with zero attached hydrogens (tertiary/aromatic N) is 3. The van der Waals surface area contributed by atoms with Gasteiger partial charge in [0.2, 0.25) is 0 Å². The van der Waals surface area contributed by atoms with Gasteiger partial charge < -0.3 is 9.88 Å². The minimum absolute atomic E-state index is 0.0174. The van der Waals surface area contributed by atoms with Crippen molar-refractivity contribution in [1.29, 1.82) is 0 Å². The summed E-state index contributed by atoms with van der Waals surface area (Å²) in [6.45, 7) is 2.97. The molecule has 0 saturated carbocycles. The number of non-ortho nitro benzene ring substituents is 1. The van der Waals surface area contributed by atoms with Crippen molar-refractivity contribution in [2.24, 2.45) is 0 Å². The van der Waals surface area contributed by atoms with Crippen LogP contribution in [0.5, 0.6) is 0 Å². The van der Waals surface area contributed by atoms with E-state index in [1.54, 1.807) is 6.07 Å². The fourth-order valence-electron chi connectivity index (χ4n) is 3.15. The number of carbonyl (C=O) groups is 1. The number of hydrogen-bond acceptors (Lipinski definition) is 5. The lowest BCUT2D eigenvalue weighted by Gasteiger charge is -2.06. The van der Waals surface area contributed by atoms with Crippen LogP contribution >= 0.6 is 11.3 Å². The monoisotopic (exact) mass is 406 g/mol. The highest BCUT2D eigenvalue weighted by atomic mass is 32.1. The van der Waals surface area contributed by atoms with Gasteiger partial charge in [0.1, 0.15) is 0 Å². The molecule has 4 rings (SSSR count). The average molecular weight is 406 g/mol. The topological polar surface area (TPSA) is 90.1 Å². The highest BCUT2D eigenvalue weighted by Crippen LogP contribution is 2.31. The van der Waals surface area contributed by atoms with Crippen molar-refractivity contribution < 1.29 is 9.72 Å². The van der Waals surface area contributed by atoms with Crippen molar-refractivity contribution in [3.63, 3.8) is 0 Å². The molecule has 2 aromatic carbocycles. The number of para-hydroxylation sites is 2. The summed E-state index contributed by atoms with van der Waals surface area (Å²) in [6, 6.07) is 17.4. The predicted octanol–water partition coefficient (Wildman–Crippen LogP) is 5.34. The zero-order valence-corrected chi connectivity index (χ0v) is 16.5. The molecule has 7 nitrogen and oxygen atoms in total. The second-order valence-corrected chi connectivity index (χ2v) is 7.58. The summed E-state index contributed by atoms with van der Waals surface area (Å²) in [6.07, 6.45) is 0.978. The van der Waals surface area contributed by atoms with E-state index in [4.69, 9.17) is 4.98 Å². The molecule has 0 aliphatic carbocycles. The molecule has 4 aromatic rings. The fourth-order valence-corrected chi connectivity index (χ4v) is 4.05. The first-order valence-electron chi connectivity index (χ1n) is 9.18. The highest BCUT2D eigenvalue weighted by Gasteiger charge is 2.16. The van der Waals surface area contributed by atoms with Crippen molar-refractivity contribution in [3.05, 3.63) is 75.7 Å². The van der Waals surface area contributed by atoms with Crippen LogP contribution < -0.4 is 5.32 Å². The van der Waals surface area contributed by atoms with E-state index >= 15 is 0 Å². The Hall–Kier alpha value is -3.52. The molecular weight excluding hydrogens is 388 g/mol. The number of fused-ring (bicyclic) bond motifs is 1. The second-order valence-electron chi connectivity index (χ2n) is 6.50. The van der Waals surface area contributed by atoms with Crippen molar-refractivity contribution in [1.82, 2.24) is 9.55 Å². The molecule has 29 heavy (non-hydrogen) atoms. The molecule has 0 spiro atoms. The second kappa shape index (κ2) is 7.84. The van der Waals surface area contributed by atoms with E-state index in [0.717, 1.165) is 34.7 Å². The number of nitro groups is 1. The van der Waals surface area contributed by atoms with Crippen LogP contribution in [-0.2, 0) is 6.54 Å². The normalized spacial score (nSPS) is 10.9. The molecule has 0 radical (unpaired) electrons. The summed E-state index contributed by atoms with van der Waals surface area (Å²) in [5, 5.41) is 13.5. The number of anilines is 1. The molecule has 1 N–H and O–H groups in total. The lowest BCUT2D eigenvalue weighted by molar-refractivity contribution is -0.384. The van der Waals surface area contributed by atoms with E-state index in [1.165, 1.54) is 35.6 Å². The highest BCUT2D eigenvalue weighted by molar-refractivity contribution is 7.17. The third-order valence-electron chi connectivity index (χ3n) is 4.49. The van der Waals surface area contributed by atoms with Crippen molar-refractivity contribution >= 4 is 39.7 Å². The van der Waals surface area contributed by atoms with Gasteiger partial charge >= 0.3 is 0 Å². The zero-order chi connectivity index (χ0) is 20.4. The molecule has 0 bridgehead atoms. The third kappa shape index (κ3) is 3.74. The standard InChI is InChI=1S/C21H18N4O3S/c1-2-13-24-17-6-4-3-5-16(17)23-20(24)18-11-12-19(29-18)21(26)22-14-7-9-15(10-8-14)25(27)28/h3-12H,2,13H2,1H3,(H,22,26). The van der Waals surface area contributed by atoms with Crippen LogP contribution in [0, 0.1) is 10.1 Å². The lowest BCUT2D eigenvalue weighted by Crippen LogP contribution is -2.09. The molecule has 1 amide bonds. The van der Waals surface area contributed by atoms with E-state index in [2.05, 4.69) is 22.9 Å². The van der Waals surface area contributed by atoms with Gasteiger partial charge in [-0.3, -0.25) is 14.9 Å². The Morgan fingerprint density at radius 3 is 2.62 bits per heavy atom. The van der Waals surface area contributed by atoms with E-state index in [0.29, 0.717) is 10.6 Å². The van der Waals surface area contributed by atoms with Gasteiger partial charge in [-0.25, -0.2) is 4.98 Å². The SMILES string of the molecule is CCCn1c(-c2ccc(C(=O)Nc3ccc([N+](=O)[O-])cc3)s2)nc2ccccc21. The van der Waals surface area contributed by atoms with Crippen LogP contribution in [0.15, 0.2) is 60.7 Å². The lowest BCUT2D eigenvalue weighted by atomic mass is 10.3. The molecule has 2 aromatic heterocycles. The number of benzene rings is 2. The van der Waals surface area contributed by atoms with Gasteiger partial charge in [0.25, 0.3) is 11.6 Å². The minimum atomic E-state index is -0.473. The average Bonchev–Trinajstić information content (AvgIpc) is 3.34. The van der Waals surface area contributed by atoms with Crippen molar-refractivity contribution in [3.8, 4) is 10.7 Å². The maximum atomic E-state index is 12.6. The molecule has 0 aliphatic heterocycles. The maximum absolute atomic E-state index is 12.6. The number of rotatable bonds is 6. The molecule has 0 saturated heterocycles. The van der Waals surface area contributed by atoms with E-state index in [9.17, 15) is 14.9 Å². The largest absolute Gasteiger partial charge is 0.323 e. The van der Waals surface area contributed by atoms with Crippen LogP contribution in [0.3, 0.4) is 0 Å². The molecule has 2 heterocycles. The van der Waals surface area contributed by atoms with Crippen LogP contribution in [-0.4, -0.2) is 20.4 Å². The molecule has 0 unspecified atom stereocenters. The number of aromatic nitrogens is 2. The Balaban J connectivity index is 1.60. The van der Waals surface area contributed by atoms with Crippen LogP contribution in [0.4, 0.5) is 11.4 Å². The molecule has 0 fully saturated rings. The van der Waals surface area contributed by atoms with Crippen LogP contribution in [0.1, 0.15) is 23.0 Å². The molecule has 0 atom stereocenters. The smallest absolute Gasteiger partial charge is 0.269 e. The van der Waals surface area contributed by atoms with E-state index in [-0.39, 0.29) is 11.6 Å². The number of hydrogen-bond donors (Lipinski definition) is 1. The van der Waals surface area contributed by atoms with Crippen molar-refractivity contribution in [2.45, 2.75) is 19.9 Å². The van der Waals surface area contributed by atoms with E-state index < -0.39 is 4.92 Å². The molecule has 146 valence electrons. The number of imidazole rings is 1. The Morgan fingerprint density at radius 1 is 1.14 bits per heavy atom. The minimum Gasteiger partial charge on any atom is -0.323 e. The Bertz CT molecular complexity index is 1190. The van der Waals surface area contributed by atoms with Gasteiger partial charge in [-0.15, -0.1) is 11.3 Å². The first-order valence-corrected chi connectivity index (χ1v) is 9.99. The number of carbonyl (C=O) groups excluding carboxylic acids is 1. The van der Waals surface area contributed by atoms with Gasteiger partial charge in [-0.2, -0.15) is 0 Å². The van der Waals surface area contributed by atoms with Gasteiger partial charge in [-0.05, 0) is 42.8 Å². The summed E-state index contributed by atoms with van der Waals surface area (Å²) in [7, 11) is 0. The number of nitro benzene ring substituents is 1. The van der Waals surface area contributed by atoms with Gasteiger partial charge in [0.15, 0.2) is 5.82 Å². The fraction of sp³-hybridized carbons (Fsp3) is 0.143. The number of thiophene rings is 1. The predicted molar refractivity (Wildman–Crippen MR) is 114 cm³/mol. The summed E-state index contributed by atoms with van der Waals surface area (Å²) in [4.78, 5) is 29.1. The summed E-state index contributed by atoms with van der Waals surface area (Å²) in [5.74, 6) is 0.598. The van der Waals surface area contributed by atoms with Gasteiger partial charge in [0, 0.05) is 24.4 Å². The van der Waals surface area contributed by atoms with Crippen LogP contribution in [0.2, 0.25) is 0 Å². The molecular formula is C21H18N4O3S. The quantitative estimate of drug-likeness (QED) is 0.346. The first kappa shape index (κ1) is 18.8. The molecule has 0 aliphatic rings. The van der Waals surface area contributed by atoms with Gasteiger partial charge in [-0.1, -0.05) is 19.1 Å². The Labute approximate surface area is 170 Å². The Morgan fingerprint density at radius 2 is 1.90 bits per heavy atom. The molecule has 8 heteroatoms. The van der Waals surface area contributed by atoms with Crippen LogP contribution in [0.25, 0.3) is 21.7 Å². The summed E-state index contributed by atoms with van der Waals surface area (Å²) >= 11 is 1.37. The summed E-state index contributed by atoms with van der Waals surface area (Å²) in [5.41, 5.74) is 2.50. The zero-order valence-electron chi connectivity index (χ0n) is 15.7. The Kier molecular flexibility index (Phi) is 5.09. The number of amides is 1. The van der Waals surface area contributed by atoms with Gasteiger partial charge in [0.05, 0.1) is 25.7 Å². The van der Waals surface area contributed by atoms with E-state index in [1.807, 2.05) is 24.3 Å². The number of nitrogens with one attached hydrogen (secondary N) is 1. The van der Waals surface area contributed by atoms with Crippen molar-refractivity contribution in [2.75, 3.05) is 5.32 Å². The summed E-state index contributed by atoms with van der Waals surface area (Å²) < 4.78 is 2.18.